The second-order valence-electron chi connectivity index (χ2n) is 3.51. The van der Waals surface area contributed by atoms with E-state index in [-0.39, 0.29) is 16.8 Å². The summed E-state index contributed by atoms with van der Waals surface area (Å²) in [6.07, 6.45) is 0. The Hall–Kier alpha value is -1.43. The van der Waals surface area contributed by atoms with Crippen molar-refractivity contribution in [1.29, 1.82) is 0 Å². The Balaban J connectivity index is 2.82. The molecule has 88 valence electrons. The van der Waals surface area contributed by atoms with Crippen molar-refractivity contribution in [2.75, 3.05) is 5.32 Å². The molecule has 0 saturated heterocycles. The summed E-state index contributed by atoms with van der Waals surface area (Å²) in [7, 11) is 0. The Morgan fingerprint density at radius 1 is 1.38 bits per heavy atom. The lowest BCUT2D eigenvalue weighted by Gasteiger charge is -2.14. The van der Waals surface area contributed by atoms with E-state index < -0.39 is 17.4 Å². The second-order valence-corrected chi connectivity index (χ2v) is 3.92. The molecule has 0 atom stereocenters. The third-order valence-corrected chi connectivity index (χ3v) is 1.96. The van der Waals surface area contributed by atoms with Gasteiger partial charge in [-0.15, -0.1) is 0 Å². The van der Waals surface area contributed by atoms with Crippen LogP contribution >= 0.6 is 12.2 Å². The van der Waals surface area contributed by atoms with Gasteiger partial charge in [-0.3, -0.25) is 0 Å². The van der Waals surface area contributed by atoms with Crippen molar-refractivity contribution >= 4 is 23.0 Å². The summed E-state index contributed by atoms with van der Waals surface area (Å²) in [4.78, 5) is 0. The standard InChI is InChI=1S/C10H12F2N2OS/c1-5(2)13-10(16)14-7-4-3-6(11)8(12)9(7)15/h3-5,15H,1-2H3,(H2,13,14,16). The molecule has 1 aromatic carbocycles. The molecular weight excluding hydrogens is 234 g/mol. The van der Waals surface area contributed by atoms with E-state index in [1.165, 1.54) is 6.07 Å². The van der Waals surface area contributed by atoms with Crippen molar-refractivity contribution in [2.24, 2.45) is 0 Å². The highest BCUT2D eigenvalue weighted by Gasteiger charge is 2.13. The third-order valence-electron chi connectivity index (χ3n) is 1.74. The Labute approximate surface area is 97.5 Å². The van der Waals surface area contributed by atoms with Crippen molar-refractivity contribution in [2.45, 2.75) is 19.9 Å². The van der Waals surface area contributed by atoms with Crippen molar-refractivity contribution < 1.29 is 13.9 Å². The zero-order valence-corrected chi connectivity index (χ0v) is 9.66. The molecule has 0 spiro atoms. The van der Waals surface area contributed by atoms with E-state index in [9.17, 15) is 13.9 Å². The Morgan fingerprint density at radius 2 is 2.00 bits per heavy atom. The first kappa shape index (κ1) is 12.6. The average Bonchev–Trinajstić information content (AvgIpc) is 2.18. The fraction of sp³-hybridized carbons (Fsp3) is 0.300. The highest BCUT2D eigenvalue weighted by Crippen LogP contribution is 2.27. The summed E-state index contributed by atoms with van der Waals surface area (Å²) in [6.45, 7) is 3.75. The number of phenolic OH excluding ortho intramolecular Hbond substituents is 1. The lowest BCUT2D eigenvalue weighted by atomic mass is 10.2. The SMILES string of the molecule is CC(C)NC(=S)Nc1ccc(F)c(F)c1O. The lowest BCUT2D eigenvalue weighted by Crippen LogP contribution is -2.33. The Kier molecular flexibility index (Phi) is 4.00. The van der Waals surface area contributed by atoms with Gasteiger partial charge in [0.2, 0.25) is 5.82 Å². The van der Waals surface area contributed by atoms with Gasteiger partial charge in [-0.1, -0.05) is 0 Å². The molecule has 16 heavy (non-hydrogen) atoms. The number of nitrogens with one attached hydrogen (secondary N) is 2. The maximum Gasteiger partial charge on any atom is 0.202 e. The van der Waals surface area contributed by atoms with E-state index in [1.807, 2.05) is 13.8 Å². The van der Waals surface area contributed by atoms with Gasteiger partial charge in [-0.05, 0) is 38.2 Å². The maximum atomic E-state index is 13.0. The topological polar surface area (TPSA) is 44.3 Å². The van der Waals surface area contributed by atoms with Crippen LogP contribution in [0.3, 0.4) is 0 Å². The highest BCUT2D eigenvalue weighted by molar-refractivity contribution is 7.80. The highest BCUT2D eigenvalue weighted by atomic mass is 32.1. The summed E-state index contributed by atoms with van der Waals surface area (Å²) in [5.74, 6) is -3.18. The van der Waals surface area contributed by atoms with Gasteiger partial charge in [-0.2, -0.15) is 4.39 Å². The van der Waals surface area contributed by atoms with E-state index in [4.69, 9.17) is 12.2 Å². The molecule has 1 aromatic rings. The average molecular weight is 246 g/mol. The molecular formula is C10H12F2N2OS. The molecule has 6 heteroatoms. The summed E-state index contributed by atoms with van der Waals surface area (Å²) >= 11 is 4.90. The number of aromatic hydroxyl groups is 1. The number of hydrogen-bond donors (Lipinski definition) is 3. The van der Waals surface area contributed by atoms with Gasteiger partial charge in [-0.25, -0.2) is 4.39 Å². The van der Waals surface area contributed by atoms with E-state index in [0.717, 1.165) is 6.07 Å². The molecule has 3 nitrogen and oxygen atoms in total. The first-order valence-corrected chi connectivity index (χ1v) is 5.07. The van der Waals surface area contributed by atoms with Crippen LogP contribution in [0.4, 0.5) is 14.5 Å². The van der Waals surface area contributed by atoms with Gasteiger partial charge in [0, 0.05) is 6.04 Å². The number of thiocarbonyl (C=S) groups is 1. The van der Waals surface area contributed by atoms with Crippen LogP contribution in [0, 0.1) is 11.6 Å². The van der Waals surface area contributed by atoms with Crippen LogP contribution in [-0.4, -0.2) is 16.3 Å². The van der Waals surface area contributed by atoms with E-state index in [2.05, 4.69) is 10.6 Å². The van der Waals surface area contributed by atoms with E-state index in [1.54, 1.807) is 0 Å². The summed E-state index contributed by atoms with van der Waals surface area (Å²) in [5, 5.41) is 14.9. The molecule has 0 fully saturated rings. The molecule has 0 aliphatic rings. The molecule has 1 rings (SSSR count). The van der Waals surface area contributed by atoms with Gasteiger partial charge >= 0.3 is 0 Å². The van der Waals surface area contributed by atoms with Crippen molar-refractivity contribution in [3.63, 3.8) is 0 Å². The van der Waals surface area contributed by atoms with Crippen LogP contribution in [0.1, 0.15) is 13.8 Å². The first-order valence-electron chi connectivity index (χ1n) is 4.66. The smallest absolute Gasteiger partial charge is 0.202 e. The summed E-state index contributed by atoms with van der Waals surface area (Å²) < 4.78 is 25.7. The fourth-order valence-electron chi connectivity index (χ4n) is 1.06. The van der Waals surface area contributed by atoms with E-state index >= 15 is 0 Å². The number of hydrogen-bond acceptors (Lipinski definition) is 2. The third kappa shape index (κ3) is 3.03. The minimum Gasteiger partial charge on any atom is -0.503 e. The molecule has 3 N–H and O–H groups in total. The van der Waals surface area contributed by atoms with Crippen LogP contribution in [0.2, 0.25) is 0 Å². The number of benzene rings is 1. The molecule has 0 radical (unpaired) electrons. The quantitative estimate of drug-likeness (QED) is 0.553. The molecule has 0 aromatic heterocycles. The molecule has 0 saturated carbocycles. The number of phenols is 1. The van der Waals surface area contributed by atoms with Crippen LogP contribution < -0.4 is 10.6 Å². The lowest BCUT2D eigenvalue weighted by molar-refractivity contribution is 0.409. The minimum atomic E-state index is -1.29. The number of halogens is 2. The van der Waals surface area contributed by atoms with Crippen LogP contribution in [0.15, 0.2) is 12.1 Å². The van der Waals surface area contributed by atoms with E-state index in [0.29, 0.717) is 0 Å². The van der Waals surface area contributed by atoms with Gasteiger partial charge < -0.3 is 15.7 Å². The van der Waals surface area contributed by atoms with Crippen molar-refractivity contribution in [3.8, 4) is 5.75 Å². The van der Waals surface area contributed by atoms with Crippen molar-refractivity contribution in [1.82, 2.24) is 5.32 Å². The van der Waals surface area contributed by atoms with Gasteiger partial charge in [0.05, 0.1) is 5.69 Å². The molecule has 0 unspecified atom stereocenters. The Morgan fingerprint density at radius 3 is 2.56 bits per heavy atom. The number of rotatable bonds is 2. The van der Waals surface area contributed by atoms with Gasteiger partial charge in [0.15, 0.2) is 16.7 Å². The summed E-state index contributed by atoms with van der Waals surface area (Å²) in [6, 6.07) is 2.23. The maximum absolute atomic E-state index is 13.0. The zero-order chi connectivity index (χ0) is 12.3. The van der Waals surface area contributed by atoms with Crippen molar-refractivity contribution in [3.05, 3.63) is 23.8 Å². The van der Waals surface area contributed by atoms with Gasteiger partial charge in [0.1, 0.15) is 0 Å². The molecule has 0 heterocycles. The second kappa shape index (κ2) is 5.07. The minimum absolute atomic E-state index is 0.0250. The summed E-state index contributed by atoms with van der Waals surface area (Å²) in [5.41, 5.74) is 0.0250. The largest absolute Gasteiger partial charge is 0.503 e. The molecule has 0 aliphatic carbocycles. The van der Waals surface area contributed by atoms with Crippen LogP contribution in [0.5, 0.6) is 5.75 Å². The predicted molar refractivity (Wildman–Crippen MR) is 62.5 cm³/mol. The fourth-order valence-corrected chi connectivity index (χ4v) is 1.41. The normalized spacial score (nSPS) is 10.3. The van der Waals surface area contributed by atoms with Crippen LogP contribution in [0.25, 0.3) is 0 Å². The monoisotopic (exact) mass is 246 g/mol. The first-order chi connectivity index (χ1) is 7.41. The zero-order valence-electron chi connectivity index (χ0n) is 8.84. The van der Waals surface area contributed by atoms with Gasteiger partial charge in [0.25, 0.3) is 0 Å². The van der Waals surface area contributed by atoms with Crippen LogP contribution in [-0.2, 0) is 0 Å². The molecule has 0 aliphatic heterocycles. The Bertz CT molecular complexity index is 410. The molecule has 0 bridgehead atoms. The molecule has 0 amide bonds. The number of anilines is 1. The predicted octanol–water partition coefficient (Wildman–Crippen LogP) is 2.37.